The predicted molar refractivity (Wildman–Crippen MR) is 103 cm³/mol. The topological polar surface area (TPSA) is 73.8 Å². The van der Waals surface area contributed by atoms with E-state index < -0.39 is 0 Å². The molecule has 0 spiro atoms. The van der Waals surface area contributed by atoms with Crippen LogP contribution in [0, 0.1) is 6.92 Å². The van der Waals surface area contributed by atoms with Crippen molar-refractivity contribution in [2.45, 2.75) is 32.9 Å². The third-order valence-electron chi connectivity index (χ3n) is 4.73. The third-order valence-corrected chi connectivity index (χ3v) is 4.73. The molecule has 0 aliphatic rings. The first-order valence-electron chi connectivity index (χ1n) is 8.78. The average molecular weight is 355 g/mol. The van der Waals surface area contributed by atoms with E-state index in [0.717, 1.165) is 11.0 Å². The minimum Gasteiger partial charge on any atom is -0.323 e. The van der Waals surface area contributed by atoms with Gasteiger partial charge in [0.25, 0.3) is 5.56 Å². The van der Waals surface area contributed by atoms with Gasteiger partial charge in [0, 0.05) is 33.2 Å². The van der Waals surface area contributed by atoms with Crippen LogP contribution in [0.15, 0.2) is 40.2 Å². The molecule has 0 amide bonds. The monoisotopic (exact) mass is 355 g/mol. The van der Waals surface area contributed by atoms with Gasteiger partial charge in [-0.3, -0.25) is 13.9 Å². The molecule has 3 aromatic rings. The summed E-state index contributed by atoms with van der Waals surface area (Å²) in [7, 11) is 3.12. The van der Waals surface area contributed by atoms with Gasteiger partial charge in [0.1, 0.15) is 0 Å². The number of hydrogen-bond donors (Lipinski definition) is 1. The van der Waals surface area contributed by atoms with Crippen LogP contribution in [-0.4, -0.2) is 31.3 Å². The normalized spacial score (nSPS) is 12.6. The van der Waals surface area contributed by atoms with Gasteiger partial charge < -0.3 is 9.88 Å². The van der Waals surface area contributed by atoms with E-state index in [1.807, 2.05) is 4.57 Å². The van der Waals surface area contributed by atoms with Gasteiger partial charge in [-0.05, 0) is 25.8 Å². The first-order valence-corrected chi connectivity index (χ1v) is 8.78. The van der Waals surface area contributed by atoms with Crippen molar-refractivity contribution in [1.82, 2.24) is 24.0 Å². The highest BCUT2D eigenvalue weighted by molar-refractivity contribution is 5.69. The number of nitrogens with one attached hydrogen (secondary N) is 1. The van der Waals surface area contributed by atoms with E-state index in [9.17, 15) is 9.59 Å². The Hall–Kier alpha value is -2.67. The van der Waals surface area contributed by atoms with E-state index in [1.54, 1.807) is 13.4 Å². The van der Waals surface area contributed by atoms with E-state index >= 15 is 0 Å². The van der Waals surface area contributed by atoms with Gasteiger partial charge in [-0.25, -0.2) is 9.78 Å². The molecule has 0 fully saturated rings. The highest BCUT2D eigenvalue weighted by Crippen LogP contribution is 2.07. The summed E-state index contributed by atoms with van der Waals surface area (Å²) >= 11 is 0. The minimum absolute atomic E-state index is 0.312. The summed E-state index contributed by atoms with van der Waals surface area (Å²) in [5.41, 5.74) is 2.77. The maximum atomic E-state index is 12.4. The molecule has 1 aromatic carbocycles. The summed E-state index contributed by atoms with van der Waals surface area (Å²) in [6.07, 6.45) is 2.57. The van der Waals surface area contributed by atoms with Gasteiger partial charge in [0.15, 0.2) is 11.2 Å². The largest absolute Gasteiger partial charge is 0.332 e. The summed E-state index contributed by atoms with van der Waals surface area (Å²) in [5, 5.41) is 3.48. The first kappa shape index (κ1) is 18.1. The minimum atomic E-state index is -0.363. The smallest absolute Gasteiger partial charge is 0.323 e. The molecule has 0 aliphatic carbocycles. The maximum Gasteiger partial charge on any atom is 0.332 e. The summed E-state index contributed by atoms with van der Waals surface area (Å²) in [6, 6.07) is 8.88. The molecule has 3 rings (SSSR count). The molecule has 0 saturated heterocycles. The van der Waals surface area contributed by atoms with E-state index in [4.69, 9.17) is 0 Å². The fourth-order valence-electron chi connectivity index (χ4n) is 3.15. The SMILES string of the molecule is Cc1ccc(CC(C)NCCn2cnc3c2c(=O)n(C)c(=O)n3C)cc1. The maximum absolute atomic E-state index is 12.4. The highest BCUT2D eigenvalue weighted by atomic mass is 16.2. The van der Waals surface area contributed by atoms with Crippen LogP contribution < -0.4 is 16.6 Å². The zero-order valence-corrected chi connectivity index (χ0v) is 15.7. The second kappa shape index (κ2) is 7.29. The number of aromatic nitrogens is 4. The zero-order valence-electron chi connectivity index (χ0n) is 15.7. The van der Waals surface area contributed by atoms with Gasteiger partial charge in [0.05, 0.1) is 6.33 Å². The molecule has 1 atom stereocenters. The van der Waals surface area contributed by atoms with Gasteiger partial charge in [-0.2, -0.15) is 0 Å². The molecule has 26 heavy (non-hydrogen) atoms. The number of fused-ring (bicyclic) bond motifs is 1. The summed E-state index contributed by atoms with van der Waals surface area (Å²) in [5.74, 6) is 0. The van der Waals surface area contributed by atoms with E-state index in [0.29, 0.717) is 30.3 Å². The van der Waals surface area contributed by atoms with Crippen molar-refractivity contribution >= 4 is 11.2 Å². The molecular formula is C19H25N5O2. The van der Waals surface area contributed by atoms with Gasteiger partial charge >= 0.3 is 5.69 Å². The molecule has 7 nitrogen and oxygen atoms in total. The van der Waals surface area contributed by atoms with Crippen LogP contribution in [-0.2, 0) is 27.1 Å². The zero-order chi connectivity index (χ0) is 18.8. The van der Waals surface area contributed by atoms with Crippen LogP contribution in [0.3, 0.4) is 0 Å². The molecule has 2 aromatic heterocycles. The number of benzene rings is 1. The fourth-order valence-corrected chi connectivity index (χ4v) is 3.15. The van der Waals surface area contributed by atoms with E-state index in [-0.39, 0.29) is 11.2 Å². The molecule has 1 N–H and O–H groups in total. The fraction of sp³-hybridized carbons (Fsp3) is 0.421. The number of imidazole rings is 1. The Bertz CT molecular complexity index is 1030. The van der Waals surface area contributed by atoms with E-state index in [2.05, 4.69) is 48.4 Å². The molecule has 0 saturated carbocycles. The lowest BCUT2D eigenvalue weighted by Crippen LogP contribution is -2.38. The van der Waals surface area contributed by atoms with Gasteiger partial charge in [-0.1, -0.05) is 29.8 Å². The van der Waals surface area contributed by atoms with Crippen LogP contribution >= 0.6 is 0 Å². The van der Waals surface area contributed by atoms with Crippen molar-refractivity contribution in [2.75, 3.05) is 6.54 Å². The van der Waals surface area contributed by atoms with E-state index in [1.165, 1.54) is 22.7 Å². The molecule has 1 unspecified atom stereocenters. The average Bonchev–Trinajstić information content (AvgIpc) is 3.04. The Morgan fingerprint density at radius 3 is 2.50 bits per heavy atom. The molecular weight excluding hydrogens is 330 g/mol. The summed E-state index contributed by atoms with van der Waals surface area (Å²) in [4.78, 5) is 28.6. The van der Waals surface area contributed by atoms with Crippen LogP contribution in [0.2, 0.25) is 0 Å². The summed E-state index contributed by atoms with van der Waals surface area (Å²) in [6.45, 7) is 5.56. The standard InChI is InChI=1S/C19H25N5O2/c1-13-5-7-15(8-6-13)11-14(2)20-9-10-24-12-21-17-16(24)18(25)23(4)19(26)22(17)3/h5-8,12,14,20H,9-11H2,1-4H3. The molecule has 138 valence electrons. The molecule has 7 heteroatoms. The van der Waals surface area contributed by atoms with Crippen LogP contribution in [0.1, 0.15) is 18.1 Å². The molecule has 0 radical (unpaired) electrons. The molecule has 0 aliphatic heterocycles. The van der Waals surface area contributed by atoms with Crippen molar-refractivity contribution in [1.29, 1.82) is 0 Å². The first-order chi connectivity index (χ1) is 12.4. The van der Waals surface area contributed by atoms with Crippen molar-refractivity contribution in [2.24, 2.45) is 14.1 Å². The number of nitrogens with zero attached hydrogens (tertiary/aromatic N) is 4. The highest BCUT2D eigenvalue weighted by Gasteiger charge is 2.14. The Kier molecular flexibility index (Phi) is 5.08. The van der Waals surface area contributed by atoms with Crippen molar-refractivity contribution in [3.63, 3.8) is 0 Å². The van der Waals surface area contributed by atoms with Crippen molar-refractivity contribution in [3.8, 4) is 0 Å². The molecule has 2 heterocycles. The lowest BCUT2D eigenvalue weighted by atomic mass is 10.1. The lowest BCUT2D eigenvalue weighted by Gasteiger charge is -2.14. The summed E-state index contributed by atoms with van der Waals surface area (Å²) < 4.78 is 4.33. The lowest BCUT2D eigenvalue weighted by molar-refractivity contribution is 0.515. The second-order valence-corrected chi connectivity index (χ2v) is 6.86. The Balaban J connectivity index is 1.68. The predicted octanol–water partition coefficient (Wildman–Crippen LogP) is 0.963. The second-order valence-electron chi connectivity index (χ2n) is 6.86. The number of rotatable bonds is 6. The number of hydrogen-bond acceptors (Lipinski definition) is 4. The van der Waals surface area contributed by atoms with Gasteiger partial charge in [0.2, 0.25) is 0 Å². The Morgan fingerprint density at radius 1 is 1.12 bits per heavy atom. The van der Waals surface area contributed by atoms with Crippen LogP contribution in [0.4, 0.5) is 0 Å². The third kappa shape index (κ3) is 3.48. The number of aryl methyl sites for hydroxylation is 2. The Labute approximate surface area is 151 Å². The van der Waals surface area contributed by atoms with Crippen LogP contribution in [0.5, 0.6) is 0 Å². The van der Waals surface area contributed by atoms with Crippen molar-refractivity contribution < 1.29 is 0 Å². The Morgan fingerprint density at radius 2 is 1.81 bits per heavy atom. The quantitative estimate of drug-likeness (QED) is 0.715. The molecule has 0 bridgehead atoms. The van der Waals surface area contributed by atoms with Crippen molar-refractivity contribution in [3.05, 3.63) is 62.6 Å². The van der Waals surface area contributed by atoms with Crippen LogP contribution in [0.25, 0.3) is 11.2 Å². The van der Waals surface area contributed by atoms with Gasteiger partial charge in [-0.15, -0.1) is 0 Å².